The van der Waals surface area contributed by atoms with E-state index in [2.05, 4.69) is 23.9 Å². The van der Waals surface area contributed by atoms with Crippen LogP contribution < -0.4 is 5.32 Å². The molecule has 1 N–H and O–H groups in total. The Bertz CT molecular complexity index is 204. The van der Waals surface area contributed by atoms with Crippen LogP contribution in [0, 0.1) is 5.41 Å². The lowest BCUT2D eigenvalue weighted by Crippen LogP contribution is -2.36. The van der Waals surface area contributed by atoms with Crippen LogP contribution in [-0.2, 0) is 9.53 Å². The van der Waals surface area contributed by atoms with Gasteiger partial charge in [0, 0.05) is 12.6 Å². The SMILES string of the molecule is COC(=O)CCNC1CCC(C)(C)CC1. The largest absolute Gasteiger partial charge is 0.469 e. The second kappa shape index (κ2) is 5.50. The third kappa shape index (κ3) is 4.65. The Morgan fingerprint density at radius 2 is 2.00 bits per heavy atom. The van der Waals surface area contributed by atoms with Crippen LogP contribution in [0.4, 0.5) is 0 Å². The minimum Gasteiger partial charge on any atom is -0.469 e. The van der Waals surface area contributed by atoms with Crippen LogP contribution in [0.1, 0.15) is 46.0 Å². The van der Waals surface area contributed by atoms with Crippen LogP contribution in [0.2, 0.25) is 0 Å². The first-order chi connectivity index (χ1) is 7.03. The quantitative estimate of drug-likeness (QED) is 0.727. The first kappa shape index (κ1) is 12.5. The van der Waals surface area contributed by atoms with Crippen molar-refractivity contribution in [2.45, 2.75) is 52.0 Å². The maximum atomic E-state index is 10.9. The zero-order valence-electron chi connectivity index (χ0n) is 10.1. The average molecular weight is 213 g/mol. The summed E-state index contributed by atoms with van der Waals surface area (Å²) in [6, 6.07) is 0.600. The Morgan fingerprint density at radius 1 is 1.40 bits per heavy atom. The molecule has 0 bridgehead atoms. The maximum absolute atomic E-state index is 10.9. The Hall–Kier alpha value is -0.570. The molecule has 0 spiro atoms. The molecule has 1 rings (SSSR count). The fraction of sp³-hybridized carbons (Fsp3) is 0.917. The molecule has 0 aromatic rings. The van der Waals surface area contributed by atoms with Crippen LogP contribution >= 0.6 is 0 Å². The van der Waals surface area contributed by atoms with Crippen molar-refractivity contribution in [2.75, 3.05) is 13.7 Å². The number of hydrogen-bond acceptors (Lipinski definition) is 3. The molecule has 1 fully saturated rings. The van der Waals surface area contributed by atoms with Gasteiger partial charge in [-0.2, -0.15) is 0 Å². The van der Waals surface area contributed by atoms with Gasteiger partial charge in [-0.1, -0.05) is 13.8 Å². The number of carbonyl (C=O) groups excluding carboxylic acids is 1. The normalized spacial score (nSPS) is 21.3. The van der Waals surface area contributed by atoms with Crippen LogP contribution in [0.25, 0.3) is 0 Å². The van der Waals surface area contributed by atoms with Gasteiger partial charge in [-0.3, -0.25) is 4.79 Å². The Kier molecular flexibility index (Phi) is 4.58. The van der Waals surface area contributed by atoms with E-state index in [1.54, 1.807) is 0 Å². The third-order valence-corrected chi connectivity index (χ3v) is 3.33. The van der Waals surface area contributed by atoms with Gasteiger partial charge in [-0.05, 0) is 31.1 Å². The summed E-state index contributed by atoms with van der Waals surface area (Å²) in [5.41, 5.74) is 0.514. The van der Waals surface area contributed by atoms with Gasteiger partial charge in [-0.15, -0.1) is 0 Å². The smallest absolute Gasteiger partial charge is 0.306 e. The van der Waals surface area contributed by atoms with Gasteiger partial charge in [0.05, 0.1) is 13.5 Å². The van der Waals surface area contributed by atoms with Gasteiger partial charge in [0.2, 0.25) is 0 Å². The van der Waals surface area contributed by atoms with E-state index in [1.807, 2.05) is 0 Å². The Balaban J connectivity index is 2.11. The molecule has 1 aliphatic rings. The second-order valence-electron chi connectivity index (χ2n) is 5.22. The molecular formula is C12H23NO2. The molecule has 15 heavy (non-hydrogen) atoms. The molecule has 0 atom stereocenters. The van der Waals surface area contributed by atoms with Gasteiger partial charge in [0.15, 0.2) is 0 Å². The van der Waals surface area contributed by atoms with Gasteiger partial charge < -0.3 is 10.1 Å². The summed E-state index contributed by atoms with van der Waals surface area (Å²) in [6.45, 7) is 5.41. The van der Waals surface area contributed by atoms with Crippen molar-refractivity contribution in [1.82, 2.24) is 5.32 Å². The van der Waals surface area contributed by atoms with Gasteiger partial charge in [-0.25, -0.2) is 0 Å². The number of carbonyl (C=O) groups is 1. The van der Waals surface area contributed by atoms with Gasteiger partial charge >= 0.3 is 5.97 Å². The van der Waals surface area contributed by atoms with E-state index in [9.17, 15) is 4.79 Å². The van der Waals surface area contributed by atoms with E-state index in [0.29, 0.717) is 17.9 Å². The third-order valence-electron chi connectivity index (χ3n) is 3.33. The highest BCUT2D eigenvalue weighted by Gasteiger charge is 2.26. The highest BCUT2D eigenvalue weighted by Crippen LogP contribution is 2.34. The van der Waals surface area contributed by atoms with Crippen molar-refractivity contribution >= 4 is 5.97 Å². The van der Waals surface area contributed by atoms with E-state index < -0.39 is 0 Å². The van der Waals surface area contributed by atoms with Gasteiger partial charge in [0.25, 0.3) is 0 Å². The number of hydrogen-bond donors (Lipinski definition) is 1. The minimum absolute atomic E-state index is 0.126. The standard InChI is InChI=1S/C12H23NO2/c1-12(2)7-4-10(5-8-12)13-9-6-11(14)15-3/h10,13H,4-9H2,1-3H3. The lowest BCUT2D eigenvalue weighted by molar-refractivity contribution is -0.140. The number of methoxy groups -OCH3 is 1. The fourth-order valence-electron chi connectivity index (χ4n) is 2.08. The fourth-order valence-corrected chi connectivity index (χ4v) is 2.08. The summed E-state index contributed by atoms with van der Waals surface area (Å²) in [6.07, 6.45) is 5.50. The summed E-state index contributed by atoms with van der Waals surface area (Å²) in [5, 5.41) is 3.42. The summed E-state index contributed by atoms with van der Waals surface area (Å²) in [4.78, 5) is 10.9. The predicted molar refractivity (Wildman–Crippen MR) is 60.7 cm³/mol. The predicted octanol–water partition coefficient (Wildman–Crippen LogP) is 2.11. The van der Waals surface area contributed by atoms with E-state index in [0.717, 1.165) is 6.54 Å². The lowest BCUT2D eigenvalue weighted by Gasteiger charge is -2.34. The molecule has 0 radical (unpaired) electrons. The average Bonchev–Trinajstić information content (AvgIpc) is 2.20. The molecular weight excluding hydrogens is 190 g/mol. The maximum Gasteiger partial charge on any atom is 0.306 e. The minimum atomic E-state index is -0.126. The van der Waals surface area contributed by atoms with E-state index in [1.165, 1.54) is 32.8 Å². The van der Waals surface area contributed by atoms with Crippen molar-refractivity contribution in [3.63, 3.8) is 0 Å². The van der Waals surface area contributed by atoms with Crippen molar-refractivity contribution < 1.29 is 9.53 Å². The molecule has 3 nitrogen and oxygen atoms in total. The van der Waals surface area contributed by atoms with Crippen molar-refractivity contribution in [2.24, 2.45) is 5.41 Å². The Labute approximate surface area is 92.6 Å². The highest BCUT2D eigenvalue weighted by atomic mass is 16.5. The highest BCUT2D eigenvalue weighted by molar-refractivity contribution is 5.69. The molecule has 0 heterocycles. The molecule has 0 amide bonds. The van der Waals surface area contributed by atoms with Crippen LogP contribution in [-0.4, -0.2) is 25.7 Å². The number of esters is 1. The van der Waals surface area contributed by atoms with Crippen LogP contribution in [0.5, 0.6) is 0 Å². The molecule has 88 valence electrons. The molecule has 0 unspecified atom stereocenters. The number of nitrogens with one attached hydrogen (secondary N) is 1. The number of rotatable bonds is 4. The monoisotopic (exact) mass is 213 g/mol. The molecule has 0 aromatic carbocycles. The second-order valence-corrected chi connectivity index (χ2v) is 5.22. The molecule has 1 saturated carbocycles. The topological polar surface area (TPSA) is 38.3 Å². The van der Waals surface area contributed by atoms with Crippen molar-refractivity contribution in [3.8, 4) is 0 Å². The molecule has 0 aromatic heterocycles. The zero-order valence-corrected chi connectivity index (χ0v) is 10.1. The van der Waals surface area contributed by atoms with Crippen LogP contribution in [0.15, 0.2) is 0 Å². The van der Waals surface area contributed by atoms with Crippen LogP contribution in [0.3, 0.4) is 0 Å². The Morgan fingerprint density at radius 3 is 2.53 bits per heavy atom. The van der Waals surface area contributed by atoms with Crippen molar-refractivity contribution in [1.29, 1.82) is 0 Å². The zero-order chi connectivity index (χ0) is 11.3. The van der Waals surface area contributed by atoms with E-state index in [-0.39, 0.29) is 5.97 Å². The molecule has 3 heteroatoms. The van der Waals surface area contributed by atoms with Gasteiger partial charge in [0.1, 0.15) is 0 Å². The van der Waals surface area contributed by atoms with E-state index in [4.69, 9.17) is 0 Å². The molecule has 0 aliphatic heterocycles. The molecule has 0 saturated heterocycles. The first-order valence-electron chi connectivity index (χ1n) is 5.84. The summed E-state index contributed by atoms with van der Waals surface area (Å²) < 4.78 is 4.59. The number of ether oxygens (including phenoxy) is 1. The molecule has 1 aliphatic carbocycles. The summed E-state index contributed by atoms with van der Waals surface area (Å²) in [5.74, 6) is -0.126. The van der Waals surface area contributed by atoms with Crippen molar-refractivity contribution in [3.05, 3.63) is 0 Å². The summed E-state index contributed by atoms with van der Waals surface area (Å²) in [7, 11) is 1.44. The van der Waals surface area contributed by atoms with E-state index >= 15 is 0 Å². The first-order valence-corrected chi connectivity index (χ1v) is 5.84. The lowest BCUT2D eigenvalue weighted by atomic mass is 9.75. The summed E-state index contributed by atoms with van der Waals surface area (Å²) >= 11 is 0.